The van der Waals surface area contributed by atoms with Crippen molar-refractivity contribution >= 4 is 11.6 Å². The molecule has 0 atom stereocenters. The highest BCUT2D eigenvalue weighted by molar-refractivity contribution is 5.93. The third-order valence-corrected chi connectivity index (χ3v) is 2.18. The fourth-order valence-corrected chi connectivity index (χ4v) is 1.35. The quantitative estimate of drug-likeness (QED) is 0.697. The predicted octanol–water partition coefficient (Wildman–Crippen LogP) is 0.618. The lowest BCUT2D eigenvalue weighted by Gasteiger charge is -2.11. The molecule has 18 heavy (non-hydrogen) atoms. The fourth-order valence-electron chi connectivity index (χ4n) is 1.35. The third kappa shape index (κ3) is 4.23. The second kappa shape index (κ2) is 7.52. The van der Waals surface area contributed by atoms with Crippen LogP contribution >= 0.6 is 0 Å². The lowest BCUT2D eigenvalue weighted by atomic mass is 10.2. The molecule has 1 aromatic rings. The third-order valence-electron chi connectivity index (χ3n) is 2.18. The Labute approximate surface area is 106 Å². The van der Waals surface area contributed by atoms with Crippen LogP contribution in [0.5, 0.6) is 11.5 Å². The van der Waals surface area contributed by atoms with Crippen molar-refractivity contribution < 1.29 is 19.0 Å². The molecular weight excluding hydrogens is 236 g/mol. The van der Waals surface area contributed by atoms with Gasteiger partial charge < -0.3 is 25.3 Å². The van der Waals surface area contributed by atoms with Gasteiger partial charge in [-0.25, -0.2) is 0 Å². The second-order valence-electron chi connectivity index (χ2n) is 3.46. The number of hydrogen-bond acceptors (Lipinski definition) is 5. The number of ether oxygens (including phenoxy) is 3. The highest BCUT2D eigenvalue weighted by Crippen LogP contribution is 2.28. The number of rotatable bonds is 7. The summed E-state index contributed by atoms with van der Waals surface area (Å²) in [4.78, 5) is 11.6. The van der Waals surface area contributed by atoms with Crippen LogP contribution in [0, 0.1) is 0 Å². The molecule has 100 valence electrons. The number of carbonyl (C=O) groups excluding carboxylic acids is 1. The van der Waals surface area contributed by atoms with E-state index in [0.717, 1.165) is 0 Å². The summed E-state index contributed by atoms with van der Waals surface area (Å²) in [6.07, 6.45) is 0. The van der Waals surface area contributed by atoms with Gasteiger partial charge in [-0.05, 0) is 12.1 Å². The van der Waals surface area contributed by atoms with E-state index < -0.39 is 0 Å². The highest BCUT2D eigenvalue weighted by atomic mass is 16.5. The molecule has 1 amide bonds. The van der Waals surface area contributed by atoms with Crippen molar-refractivity contribution in [3.05, 3.63) is 18.2 Å². The van der Waals surface area contributed by atoms with E-state index in [0.29, 0.717) is 30.3 Å². The normalized spacial score (nSPS) is 9.94. The van der Waals surface area contributed by atoms with Crippen LogP contribution in [0.3, 0.4) is 0 Å². The molecule has 0 aliphatic carbocycles. The summed E-state index contributed by atoms with van der Waals surface area (Å²) in [5.74, 6) is 0.923. The van der Waals surface area contributed by atoms with Crippen LogP contribution in [0.1, 0.15) is 0 Å². The molecule has 0 unspecified atom stereocenters. The summed E-state index contributed by atoms with van der Waals surface area (Å²) in [7, 11) is 3.08. The molecule has 0 heterocycles. The molecule has 0 saturated carbocycles. The molecule has 0 spiro atoms. The number of nitrogens with one attached hydrogen (secondary N) is 1. The molecule has 6 nitrogen and oxygen atoms in total. The van der Waals surface area contributed by atoms with E-state index in [4.69, 9.17) is 19.9 Å². The van der Waals surface area contributed by atoms with E-state index >= 15 is 0 Å². The number of methoxy groups -OCH3 is 2. The summed E-state index contributed by atoms with van der Waals surface area (Å²) in [6.45, 7) is 0.690. The van der Waals surface area contributed by atoms with Crippen molar-refractivity contribution in [2.24, 2.45) is 5.73 Å². The topological polar surface area (TPSA) is 82.8 Å². The van der Waals surface area contributed by atoms with Crippen LogP contribution in [0.2, 0.25) is 0 Å². The van der Waals surface area contributed by atoms with Crippen LogP contribution in [-0.2, 0) is 9.53 Å². The van der Waals surface area contributed by atoms with E-state index in [2.05, 4.69) is 5.32 Å². The monoisotopic (exact) mass is 254 g/mol. The minimum atomic E-state index is -0.269. The van der Waals surface area contributed by atoms with Crippen molar-refractivity contribution in [3.8, 4) is 11.5 Å². The zero-order valence-corrected chi connectivity index (χ0v) is 10.6. The fraction of sp³-hybridized carbons (Fsp3) is 0.417. The first kappa shape index (κ1) is 14.3. The molecule has 6 heteroatoms. The van der Waals surface area contributed by atoms with Crippen molar-refractivity contribution in [2.75, 3.05) is 39.3 Å². The molecule has 0 aromatic heterocycles. The van der Waals surface area contributed by atoms with Gasteiger partial charge in [0, 0.05) is 12.6 Å². The van der Waals surface area contributed by atoms with E-state index in [1.807, 2.05) is 0 Å². The zero-order chi connectivity index (χ0) is 13.4. The molecule has 0 radical (unpaired) electrons. The van der Waals surface area contributed by atoms with E-state index in [1.54, 1.807) is 25.3 Å². The summed E-state index contributed by atoms with van der Waals surface area (Å²) < 4.78 is 15.3. The Morgan fingerprint density at radius 1 is 1.33 bits per heavy atom. The number of carbonyl (C=O) groups is 1. The van der Waals surface area contributed by atoms with Crippen LogP contribution in [0.15, 0.2) is 18.2 Å². The maximum absolute atomic E-state index is 11.6. The highest BCUT2D eigenvalue weighted by Gasteiger charge is 2.08. The van der Waals surface area contributed by atoms with Gasteiger partial charge in [-0.3, -0.25) is 4.79 Å². The average molecular weight is 254 g/mol. The molecule has 0 saturated heterocycles. The Hall–Kier alpha value is -1.79. The minimum absolute atomic E-state index is 0.0441. The molecule has 0 bridgehead atoms. The van der Waals surface area contributed by atoms with Gasteiger partial charge in [0.15, 0.2) is 0 Å². The lowest BCUT2D eigenvalue weighted by Crippen LogP contribution is -2.21. The van der Waals surface area contributed by atoms with Gasteiger partial charge >= 0.3 is 0 Å². The van der Waals surface area contributed by atoms with Crippen molar-refractivity contribution in [2.45, 2.75) is 0 Å². The van der Waals surface area contributed by atoms with E-state index in [-0.39, 0.29) is 12.5 Å². The van der Waals surface area contributed by atoms with Gasteiger partial charge in [-0.1, -0.05) is 0 Å². The van der Waals surface area contributed by atoms with Gasteiger partial charge in [-0.2, -0.15) is 0 Å². The Kier molecular flexibility index (Phi) is 5.96. The Bertz CT molecular complexity index is 396. The molecule has 3 N–H and O–H groups in total. The summed E-state index contributed by atoms with van der Waals surface area (Å²) in [5, 5.41) is 2.69. The number of nitrogens with two attached hydrogens (primary N) is 1. The number of hydrogen-bond donors (Lipinski definition) is 2. The minimum Gasteiger partial charge on any atom is -0.497 e. The predicted molar refractivity (Wildman–Crippen MR) is 68.0 cm³/mol. The molecule has 1 rings (SSSR count). The Morgan fingerprint density at radius 3 is 2.72 bits per heavy atom. The second-order valence-corrected chi connectivity index (χ2v) is 3.46. The first-order chi connectivity index (χ1) is 8.71. The van der Waals surface area contributed by atoms with E-state index in [9.17, 15) is 4.79 Å². The number of anilines is 1. The van der Waals surface area contributed by atoms with Crippen molar-refractivity contribution in [1.82, 2.24) is 0 Å². The maximum Gasteiger partial charge on any atom is 0.250 e. The van der Waals surface area contributed by atoms with Gasteiger partial charge in [0.1, 0.15) is 18.1 Å². The van der Waals surface area contributed by atoms with Crippen LogP contribution < -0.4 is 20.5 Å². The van der Waals surface area contributed by atoms with Gasteiger partial charge in [0.05, 0.1) is 26.5 Å². The summed E-state index contributed by atoms with van der Waals surface area (Å²) in [5.41, 5.74) is 5.80. The zero-order valence-electron chi connectivity index (χ0n) is 10.6. The first-order valence-electron chi connectivity index (χ1n) is 5.51. The smallest absolute Gasteiger partial charge is 0.250 e. The van der Waals surface area contributed by atoms with E-state index in [1.165, 1.54) is 7.11 Å². The average Bonchev–Trinajstić information content (AvgIpc) is 2.39. The molecular formula is C12H18N2O4. The van der Waals surface area contributed by atoms with Crippen LogP contribution in [-0.4, -0.2) is 39.9 Å². The van der Waals surface area contributed by atoms with Crippen LogP contribution in [0.25, 0.3) is 0 Å². The largest absolute Gasteiger partial charge is 0.497 e. The van der Waals surface area contributed by atoms with Gasteiger partial charge in [0.2, 0.25) is 5.91 Å². The molecule has 0 aliphatic rings. The van der Waals surface area contributed by atoms with Crippen molar-refractivity contribution in [1.29, 1.82) is 0 Å². The number of amides is 1. The SMILES string of the molecule is COc1ccc(OC)c(NC(=O)COCCN)c1. The molecule has 0 aliphatic heterocycles. The lowest BCUT2D eigenvalue weighted by molar-refractivity contribution is -0.120. The first-order valence-corrected chi connectivity index (χ1v) is 5.51. The van der Waals surface area contributed by atoms with Gasteiger partial charge in [-0.15, -0.1) is 0 Å². The summed E-state index contributed by atoms with van der Waals surface area (Å²) >= 11 is 0. The molecule has 1 aromatic carbocycles. The Balaban J connectivity index is 2.66. The standard InChI is InChI=1S/C12H18N2O4/c1-16-9-3-4-11(17-2)10(7-9)14-12(15)8-18-6-5-13/h3-4,7H,5-6,8,13H2,1-2H3,(H,14,15). The Morgan fingerprint density at radius 2 is 2.11 bits per heavy atom. The van der Waals surface area contributed by atoms with Gasteiger partial charge in [0.25, 0.3) is 0 Å². The van der Waals surface area contributed by atoms with Crippen molar-refractivity contribution in [3.63, 3.8) is 0 Å². The molecule has 0 fully saturated rings. The maximum atomic E-state index is 11.6. The number of benzene rings is 1. The van der Waals surface area contributed by atoms with Crippen LogP contribution in [0.4, 0.5) is 5.69 Å². The summed E-state index contributed by atoms with van der Waals surface area (Å²) in [6, 6.07) is 5.15.